The number of nitrogens with zero attached hydrogens (tertiary/aromatic N) is 1. The first-order valence-electron chi connectivity index (χ1n) is 10.3. The zero-order valence-corrected chi connectivity index (χ0v) is 17.0. The maximum Gasteiger partial charge on any atom is 0.312 e. The van der Waals surface area contributed by atoms with Crippen LogP contribution in [-0.4, -0.2) is 25.0 Å². The summed E-state index contributed by atoms with van der Waals surface area (Å²) in [6.45, 7) is 3.98. The molecule has 1 saturated heterocycles. The number of nitrogens with two attached hydrogens (primary N) is 1. The summed E-state index contributed by atoms with van der Waals surface area (Å²) in [6, 6.07) is 14.5. The van der Waals surface area contributed by atoms with Gasteiger partial charge in [0.25, 0.3) is 0 Å². The number of hydrogen-bond acceptors (Lipinski definition) is 3. The van der Waals surface area contributed by atoms with Crippen molar-refractivity contribution in [3.63, 3.8) is 0 Å². The number of amides is 3. The smallest absolute Gasteiger partial charge is 0.312 e. The van der Waals surface area contributed by atoms with Gasteiger partial charge in [0.05, 0.1) is 23.8 Å². The van der Waals surface area contributed by atoms with Crippen molar-refractivity contribution >= 4 is 23.3 Å². The van der Waals surface area contributed by atoms with Gasteiger partial charge in [0.15, 0.2) is 0 Å². The molecule has 1 heterocycles. The van der Waals surface area contributed by atoms with E-state index in [0.29, 0.717) is 0 Å². The Morgan fingerprint density at radius 1 is 1.03 bits per heavy atom. The average Bonchev–Trinajstić information content (AvgIpc) is 2.97. The zero-order valence-electron chi connectivity index (χ0n) is 17.0. The quantitative estimate of drug-likeness (QED) is 0.689. The Bertz CT molecular complexity index is 844. The van der Waals surface area contributed by atoms with Crippen molar-refractivity contribution in [3.05, 3.63) is 59.7 Å². The van der Waals surface area contributed by atoms with Crippen LogP contribution in [0.4, 0.5) is 16.2 Å². The first-order chi connectivity index (χ1) is 14.0. The molecule has 3 amide bonds. The lowest BCUT2D eigenvalue weighted by Gasteiger charge is -2.26. The molecule has 4 N–H and O–H groups in total. The van der Waals surface area contributed by atoms with Crippen molar-refractivity contribution in [2.24, 2.45) is 5.73 Å². The number of nitrogens with one attached hydrogen (secondary N) is 2. The molecule has 3 rings (SSSR count). The molecule has 154 valence electrons. The number of hydrogen-bond donors (Lipinski definition) is 3. The van der Waals surface area contributed by atoms with Gasteiger partial charge in [0.1, 0.15) is 0 Å². The van der Waals surface area contributed by atoms with E-state index < -0.39 is 12.1 Å². The van der Waals surface area contributed by atoms with E-state index in [0.717, 1.165) is 35.6 Å². The second-order valence-corrected chi connectivity index (χ2v) is 7.65. The Labute approximate surface area is 172 Å². The van der Waals surface area contributed by atoms with Gasteiger partial charge in [0, 0.05) is 13.1 Å². The van der Waals surface area contributed by atoms with Gasteiger partial charge in [-0.3, -0.25) is 4.79 Å². The molecule has 0 radical (unpaired) electrons. The number of aryl methyl sites for hydroxylation is 1. The number of rotatable bonds is 6. The predicted molar refractivity (Wildman–Crippen MR) is 117 cm³/mol. The molecule has 6 nitrogen and oxygen atoms in total. The second kappa shape index (κ2) is 9.96. The maximum atomic E-state index is 12.8. The molecule has 29 heavy (non-hydrogen) atoms. The summed E-state index contributed by atoms with van der Waals surface area (Å²) in [6.07, 6.45) is 4.95. The number of primary amides is 1. The van der Waals surface area contributed by atoms with Gasteiger partial charge in [0.2, 0.25) is 5.91 Å². The molecule has 0 bridgehead atoms. The van der Waals surface area contributed by atoms with Crippen LogP contribution < -0.4 is 21.3 Å². The van der Waals surface area contributed by atoms with Crippen LogP contribution in [0.2, 0.25) is 0 Å². The number of urea groups is 1. The van der Waals surface area contributed by atoms with E-state index in [1.54, 1.807) is 0 Å². The van der Waals surface area contributed by atoms with Crippen molar-refractivity contribution in [3.8, 4) is 0 Å². The second-order valence-electron chi connectivity index (χ2n) is 7.65. The first-order valence-corrected chi connectivity index (χ1v) is 10.3. The summed E-state index contributed by atoms with van der Waals surface area (Å²) in [5.41, 5.74) is 9.13. The normalized spacial score (nSPS) is 15.3. The zero-order chi connectivity index (χ0) is 20.6. The summed E-state index contributed by atoms with van der Waals surface area (Å²) in [4.78, 5) is 26.7. The highest BCUT2D eigenvalue weighted by Gasteiger charge is 2.20. The number of carbonyl (C=O) groups is 2. The van der Waals surface area contributed by atoms with Crippen LogP contribution in [0.3, 0.4) is 0 Å². The van der Waals surface area contributed by atoms with Crippen molar-refractivity contribution in [1.29, 1.82) is 0 Å². The van der Waals surface area contributed by atoms with Crippen LogP contribution >= 0.6 is 0 Å². The third kappa shape index (κ3) is 5.98. The third-order valence-electron chi connectivity index (χ3n) is 5.28. The lowest BCUT2D eigenvalue weighted by molar-refractivity contribution is -0.116. The minimum atomic E-state index is -0.644. The van der Waals surface area contributed by atoms with E-state index in [2.05, 4.69) is 21.6 Å². The number of benzene rings is 2. The molecular weight excluding hydrogens is 364 g/mol. The molecular formula is C23H30N4O2. The minimum absolute atomic E-state index is 0.112. The number of carbonyl (C=O) groups excluding carboxylic acids is 2. The van der Waals surface area contributed by atoms with Crippen molar-refractivity contribution in [2.75, 3.05) is 23.3 Å². The van der Waals surface area contributed by atoms with Gasteiger partial charge < -0.3 is 21.3 Å². The van der Waals surface area contributed by atoms with Crippen LogP contribution in [0.15, 0.2) is 48.5 Å². The van der Waals surface area contributed by atoms with Gasteiger partial charge in [-0.25, -0.2) is 4.79 Å². The molecule has 0 aromatic heterocycles. The largest absolute Gasteiger partial charge is 0.370 e. The number of anilines is 2. The molecule has 0 saturated carbocycles. The van der Waals surface area contributed by atoms with Crippen LogP contribution in [0.5, 0.6) is 0 Å². The van der Waals surface area contributed by atoms with Crippen LogP contribution in [0.25, 0.3) is 0 Å². The molecule has 2 aromatic rings. The van der Waals surface area contributed by atoms with Crippen molar-refractivity contribution in [2.45, 2.75) is 45.1 Å². The Balaban J connectivity index is 1.74. The van der Waals surface area contributed by atoms with E-state index in [9.17, 15) is 9.59 Å². The molecule has 1 atom stereocenters. The summed E-state index contributed by atoms with van der Waals surface area (Å²) in [7, 11) is 0. The van der Waals surface area contributed by atoms with E-state index >= 15 is 0 Å². The lowest BCUT2D eigenvalue weighted by Crippen LogP contribution is -2.35. The van der Waals surface area contributed by atoms with Crippen molar-refractivity contribution < 1.29 is 9.59 Å². The maximum absolute atomic E-state index is 12.8. The lowest BCUT2D eigenvalue weighted by atomic mass is 10.0. The fourth-order valence-electron chi connectivity index (χ4n) is 3.86. The van der Waals surface area contributed by atoms with E-state index in [1.165, 1.54) is 25.7 Å². The Hall–Kier alpha value is -3.02. The highest BCUT2D eigenvalue weighted by atomic mass is 16.2. The van der Waals surface area contributed by atoms with E-state index in [-0.39, 0.29) is 12.3 Å². The third-order valence-corrected chi connectivity index (χ3v) is 5.28. The topological polar surface area (TPSA) is 87.5 Å². The van der Waals surface area contributed by atoms with Crippen LogP contribution in [0, 0.1) is 6.92 Å². The Morgan fingerprint density at radius 2 is 1.76 bits per heavy atom. The van der Waals surface area contributed by atoms with Crippen molar-refractivity contribution in [1.82, 2.24) is 5.32 Å². The average molecular weight is 395 g/mol. The van der Waals surface area contributed by atoms with E-state index in [1.807, 2.05) is 49.4 Å². The summed E-state index contributed by atoms with van der Waals surface area (Å²) in [5.74, 6) is -0.160. The molecule has 1 aliphatic rings. The van der Waals surface area contributed by atoms with Gasteiger partial charge in [-0.2, -0.15) is 0 Å². The SMILES string of the molecule is Cc1cccc(C(CC(=O)Nc2ccccc2N2CCCCCC2)NC(N)=O)c1. The monoisotopic (exact) mass is 394 g/mol. The summed E-state index contributed by atoms with van der Waals surface area (Å²) >= 11 is 0. The standard InChI is InChI=1S/C23H30N4O2/c1-17-9-8-10-18(15-17)20(26-23(24)29)16-22(28)25-19-11-4-5-12-21(19)27-13-6-2-3-7-14-27/h4-5,8-12,15,20H,2-3,6-7,13-14,16H2,1H3,(H,25,28)(H3,24,26,29). The molecule has 2 aromatic carbocycles. The fourth-order valence-corrected chi connectivity index (χ4v) is 3.86. The summed E-state index contributed by atoms with van der Waals surface area (Å²) < 4.78 is 0. The van der Waals surface area contributed by atoms with Crippen LogP contribution in [0.1, 0.15) is 49.3 Å². The molecule has 1 fully saturated rings. The predicted octanol–water partition coefficient (Wildman–Crippen LogP) is 4.11. The van der Waals surface area contributed by atoms with E-state index in [4.69, 9.17) is 5.73 Å². The molecule has 1 aliphatic heterocycles. The highest BCUT2D eigenvalue weighted by molar-refractivity contribution is 5.95. The highest BCUT2D eigenvalue weighted by Crippen LogP contribution is 2.28. The van der Waals surface area contributed by atoms with Gasteiger partial charge in [-0.1, -0.05) is 54.8 Å². The van der Waals surface area contributed by atoms with Crippen LogP contribution in [-0.2, 0) is 4.79 Å². The molecule has 0 spiro atoms. The molecule has 1 unspecified atom stereocenters. The Morgan fingerprint density at radius 3 is 2.45 bits per heavy atom. The van der Waals surface area contributed by atoms with Gasteiger partial charge in [-0.15, -0.1) is 0 Å². The number of para-hydroxylation sites is 2. The first kappa shape index (κ1) is 20.7. The Kier molecular flexibility index (Phi) is 7.11. The van der Waals surface area contributed by atoms with Gasteiger partial charge >= 0.3 is 6.03 Å². The molecule has 0 aliphatic carbocycles. The fraction of sp³-hybridized carbons (Fsp3) is 0.391. The van der Waals surface area contributed by atoms with Gasteiger partial charge in [-0.05, 0) is 37.5 Å². The molecule has 6 heteroatoms. The summed E-state index contributed by atoms with van der Waals surface area (Å²) in [5, 5.41) is 5.74. The minimum Gasteiger partial charge on any atom is -0.370 e.